The summed E-state index contributed by atoms with van der Waals surface area (Å²) in [5.41, 5.74) is 7.84. The van der Waals surface area contributed by atoms with E-state index in [9.17, 15) is 9.59 Å². The fraction of sp³-hybridized carbons (Fsp3) is 0.480. The molecule has 1 saturated heterocycles. The molecule has 1 unspecified atom stereocenters. The van der Waals surface area contributed by atoms with E-state index in [1.165, 1.54) is 9.13 Å². The number of rotatable bonds is 5. The fourth-order valence-corrected chi connectivity index (χ4v) is 4.99. The predicted molar refractivity (Wildman–Crippen MR) is 137 cm³/mol. The Labute approximate surface area is 203 Å². The molecule has 2 N–H and O–H groups in total. The zero-order chi connectivity index (χ0) is 24.9. The zero-order valence-corrected chi connectivity index (χ0v) is 20.7. The molecule has 4 heterocycles. The summed E-state index contributed by atoms with van der Waals surface area (Å²) in [6, 6.07) is 7.80. The van der Waals surface area contributed by atoms with Crippen LogP contribution in [0, 0.1) is 6.92 Å². The van der Waals surface area contributed by atoms with E-state index in [4.69, 9.17) is 10.7 Å². The van der Waals surface area contributed by atoms with Gasteiger partial charge in [0, 0.05) is 43.3 Å². The van der Waals surface area contributed by atoms with Crippen molar-refractivity contribution < 1.29 is 0 Å². The van der Waals surface area contributed by atoms with Crippen molar-refractivity contribution in [3.63, 3.8) is 0 Å². The van der Waals surface area contributed by atoms with Crippen molar-refractivity contribution in [3.8, 4) is 0 Å². The second-order valence-electron chi connectivity index (χ2n) is 9.53. The van der Waals surface area contributed by atoms with Crippen LogP contribution in [0.5, 0.6) is 0 Å². The number of benzene rings is 1. The molecule has 1 aliphatic rings. The molecule has 184 valence electrons. The number of imidazole rings is 1. The molecular formula is C25H32N8O2. The summed E-state index contributed by atoms with van der Waals surface area (Å²) < 4.78 is 4.66. The molecular weight excluding hydrogens is 444 g/mol. The molecule has 0 radical (unpaired) electrons. The average Bonchev–Trinajstić information content (AvgIpc) is 3.26. The number of para-hydroxylation sites is 1. The van der Waals surface area contributed by atoms with Gasteiger partial charge in [0.05, 0.1) is 12.1 Å². The Hall–Kier alpha value is -3.53. The number of aryl methyl sites for hydroxylation is 2. The quantitative estimate of drug-likeness (QED) is 0.469. The van der Waals surface area contributed by atoms with Gasteiger partial charge < -0.3 is 15.2 Å². The minimum atomic E-state index is -0.437. The summed E-state index contributed by atoms with van der Waals surface area (Å²) in [5.74, 6) is 1.13. The number of nitrogens with zero attached hydrogens (tertiary/aromatic N) is 7. The van der Waals surface area contributed by atoms with Crippen molar-refractivity contribution in [1.29, 1.82) is 0 Å². The maximum Gasteiger partial charge on any atom is 0.332 e. The molecule has 4 aromatic rings. The maximum absolute atomic E-state index is 13.8. The number of aromatic nitrogens is 6. The number of fused-ring (bicyclic) bond motifs is 2. The van der Waals surface area contributed by atoms with Crippen molar-refractivity contribution >= 4 is 28.0 Å². The van der Waals surface area contributed by atoms with Crippen LogP contribution in [0.1, 0.15) is 50.7 Å². The van der Waals surface area contributed by atoms with E-state index in [0.717, 1.165) is 42.4 Å². The van der Waals surface area contributed by atoms with E-state index in [1.807, 2.05) is 35.8 Å². The van der Waals surface area contributed by atoms with Gasteiger partial charge in [-0.3, -0.25) is 13.9 Å². The van der Waals surface area contributed by atoms with Crippen LogP contribution in [0.25, 0.3) is 22.1 Å². The van der Waals surface area contributed by atoms with Crippen molar-refractivity contribution in [3.05, 3.63) is 56.6 Å². The topological polar surface area (TPSA) is 117 Å². The highest BCUT2D eigenvalue weighted by atomic mass is 16.2. The van der Waals surface area contributed by atoms with Gasteiger partial charge in [0.15, 0.2) is 11.2 Å². The van der Waals surface area contributed by atoms with Crippen LogP contribution in [-0.4, -0.2) is 47.8 Å². The van der Waals surface area contributed by atoms with Crippen LogP contribution in [0.15, 0.2) is 33.9 Å². The third-order valence-corrected chi connectivity index (χ3v) is 7.07. The lowest BCUT2D eigenvalue weighted by molar-refractivity contribution is 0.477. The summed E-state index contributed by atoms with van der Waals surface area (Å²) >= 11 is 0. The summed E-state index contributed by atoms with van der Waals surface area (Å²) in [6.07, 6.45) is 2.75. The highest BCUT2D eigenvalue weighted by Gasteiger charge is 2.28. The Morgan fingerprint density at radius 3 is 2.69 bits per heavy atom. The number of anilines is 1. The molecule has 0 saturated carbocycles. The molecule has 10 heteroatoms. The van der Waals surface area contributed by atoms with E-state index in [1.54, 1.807) is 7.05 Å². The fourth-order valence-electron chi connectivity index (χ4n) is 4.99. The Morgan fingerprint density at radius 1 is 1.17 bits per heavy atom. The molecule has 5 rings (SSSR count). The van der Waals surface area contributed by atoms with Gasteiger partial charge in [0.2, 0.25) is 5.95 Å². The van der Waals surface area contributed by atoms with Gasteiger partial charge in [-0.05, 0) is 39.2 Å². The molecule has 0 amide bonds. The molecule has 1 fully saturated rings. The minimum absolute atomic E-state index is 0.0112. The largest absolute Gasteiger partial charge is 0.341 e. The van der Waals surface area contributed by atoms with Gasteiger partial charge in [0.1, 0.15) is 5.82 Å². The van der Waals surface area contributed by atoms with Crippen LogP contribution < -0.4 is 21.9 Å². The molecule has 2 atom stereocenters. The Bertz CT molecular complexity index is 1530. The zero-order valence-electron chi connectivity index (χ0n) is 20.7. The number of nitrogens with two attached hydrogens (primary N) is 1. The first kappa shape index (κ1) is 23.2. The van der Waals surface area contributed by atoms with Gasteiger partial charge in [-0.2, -0.15) is 4.98 Å². The lowest BCUT2D eigenvalue weighted by atomic mass is 10.1. The lowest BCUT2D eigenvalue weighted by Gasteiger charge is -2.32. The normalized spacial score (nSPS) is 17.4. The summed E-state index contributed by atoms with van der Waals surface area (Å²) in [5, 5.41) is 0.950. The highest BCUT2D eigenvalue weighted by molar-refractivity contribution is 5.80. The smallest absolute Gasteiger partial charge is 0.332 e. The van der Waals surface area contributed by atoms with Gasteiger partial charge in [0.25, 0.3) is 5.56 Å². The minimum Gasteiger partial charge on any atom is -0.341 e. The van der Waals surface area contributed by atoms with Crippen LogP contribution in [0.2, 0.25) is 0 Å². The van der Waals surface area contributed by atoms with Crippen molar-refractivity contribution in [1.82, 2.24) is 28.7 Å². The summed E-state index contributed by atoms with van der Waals surface area (Å²) in [6.45, 7) is 7.54. The number of hydrogen-bond acceptors (Lipinski definition) is 7. The molecule has 10 nitrogen and oxygen atoms in total. The Morgan fingerprint density at radius 2 is 1.94 bits per heavy atom. The molecule has 3 aromatic heterocycles. The molecule has 0 spiro atoms. The molecule has 35 heavy (non-hydrogen) atoms. The first-order chi connectivity index (χ1) is 16.8. The first-order valence-corrected chi connectivity index (χ1v) is 12.2. The summed E-state index contributed by atoms with van der Waals surface area (Å²) in [4.78, 5) is 43.3. The highest BCUT2D eigenvalue weighted by Crippen LogP contribution is 2.28. The monoisotopic (exact) mass is 476 g/mol. The maximum atomic E-state index is 13.8. The van der Waals surface area contributed by atoms with E-state index in [2.05, 4.69) is 28.7 Å². The van der Waals surface area contributed by atoms with Crippen LogP contribution >= 0.6 is 0 Å². The molecule has 1 aliphatic heterocycles. The van der Waals surface area contributed by atoms with Crippen molar-refractivity contribution in [2.45, 2.75) is 58.7 Å². The van der Waals surface area contributed by atoms with E-state index in [0.29, 0.717) is 29.5 Å². The Balaban J connectivity index is 1.70. The average molecular weight is 477 g/mol. The summed E-state index contributed by atoms with van der Waals surface area (Å²) in [7, 11) is 1.66. The van der Waals surface area contributed by atoms with Crippen LogP contribution in [-0.2, 0) is 13.6 Å². The lowest BCUT2D eigenvalue weighted by Crippen LogP contribution is -2.44. The second kappa shape index (κ2) is 8.92. The number of hydrogen-bond donors (Lipinski definition) is 1. The van der Waals surface area contributed by atoms with Crippen LogP contribution in [0.4, 0.5) is 5.95 Å². The van der Waals surface area contributed by atoms with Gasteiger partial charge in [-0.25, -0.2) is 14.8 Å². The van der Waals surface area contributed by atoms with Gasteiger partial charge in [-0.1, -0.05) is 25.1 Å². The van der Waals surface area contributed by atoms with Gasteiger partial charge in [-0.15, -0.1) is 0 Å². The van der Waals surface area contributed by atoms with E-state index in [-0.39, 0.29) is 24.2 Å². The standard InChI is InChI=1S/C25H32N8O2/c1-5-15(2)33-21-22(29-24(33)31-12-8-9-17(26)13-31)30(4)25(35)32(23(21)34)14-20-27-16(3)18-10-6-7-11-19(18)28-20/h6-7,10-11,15,17H,5,8-9,12-14,26H2,1-4H3/t15?,17-/m1/s1. The predicted octanol–water partition coefficient (Wildman–Crippen LogP) is 2.10. The Kier molecular flexibility index (Phi) is 5.92. The molecule has 0 bridgehead atoms. The second-order valence-corrected chi connectivity index (χ2v) is 9.53. The van der Waals surface area contributed by atoms with E-state index >= 15 is 0 Å². The third kappa shape index (κ3) is 3.91. The third-order valence-electron chi connectivity index (χ3n) is 7.07. The number of piperidine rings is 1. The van der Waals surface area contributed by atoms with E-state index < -0.39 is 5.69 Å². The van der Waals surface area contributed by atoms with Gasteiger partial charge >= 0.3 is 5.69 Å². The van der Waals surface area contributed by atoms with Crippen molar-refractivity contribution in [2.75, 3.05) is 18.0 Å². The molecule has 0 aliphatic carbocycles. The van der Waals surface area contributed by atoms with Crippen molar-refractivity contribution in [2.24, 2.45) is 12.8 Å². The van der Waals surface area contributed by atoms with Crippen LogP contribution in [0.3, 0.4) is 0 Å². The molecule has 1 aromatic carbocycles. The first-order valence-electron chi connectivity index (χ1n) is 12.2. The SMILES string of the molecule is CCC(C)n1c(N2CCC[C@@H](N)C2)nc2c1c(=O)n(Cc1nc(C)c3ccccc3n1)c(=O)n2C.